The van der Waals surface area contributed by atoms with Gasteiger partial charge in [-0.05, 0) is 48.9 Å². The minimum absolute atomic E-state index is 0.0134. The lowest BCUT2D eigenvalue weighted by Gasteiger charge is -2.24. The summed E-state index contributed by atoms with van der Waals surface area (Å²) in [6, 6.07) is 13.7. The zero-order valence-electron chi connectivity index (χ0n) is 14.8. The molecule has 0 fully saturated rings. The van der Waals surface area contributed by atoms with Gasteiger partial charge in [-0.1, -0.05) is 23.7 Å². The zero-order chi connectivity index (χ0) is 20.3. The molecule has 144 valence electrons. The molecule has 0 bridgehead atoms. The average molecular weight is 418 g/mol. The first-order chi connectivity index (χ1) is 13.3. The van der Waals surface area contributed by atoms with Gasteiger partial charge in [0.15, 0.2) is 0 Å². The van der Waals surface area contributed by atoms with Crippen LogP contribution in [0.25, 0.3) is 0 Å². The number of hydrogen-bond donors (Lipinski definition) is 0. The second-order valence-corrected chi connectivity index (χ2v) is 8.35. The van der Waals surface area contributed by atoms with E-state index in [4.69, 9.17) is 11.6 Å². The summed E-state index contributed by atoms with van der Waals surface area (Å²) in [4.78, 5) is 14.5. The molecule has 0 N–H and O–H groups in total. The first-order valence-electron chi connectivity index (χ1n) is 8.21. The summed E-state index contributed by atoms with van der Waals surface area (Å²) in [7, 11) is -4.08. The molecule has 0 atom stereocenters. The SMILES string of the molecule is Cc1ccc(S(=O)(=O)N(Cc2cccnc2)c2ccc(Cl)cc2)cc1[N+](=O)[O-]. The minimum Gasteiger partial charge on any atom is -0.264 e. The molecule has 0 saturated heterocycles. The number of nitro groups is 1. The predicted octanol–water partition coefficient (Wildman–Crippen LogP) is 4.35. The van der Waals surface area contributed by atoms with Crippen LogP contribution in [-0.4, -0.2) is 18.3 Å². The standard InChI is InChI=1S/C19H16ClN3O4S/c1-14-4-9-18(11-19(14)23(24)25)28(26,27)22(13-15-3-2-10-21-12-15)17-7-5-16(20)6-8-17/h2-12H,13H2,1H3. The van der Waals surface area contributed by atoms with Crippen molar-refractivity contribution in [3.63, 3.8) is 0 Å². The Bertz CT molecular complexity index is 1100. The second-order valence-electron chi connectivity index (χ2n) is 6.05. The Morgan fingerprint density at radius 2 is 1.86 bits per heavy atom. The van der Waals surface area contributed by atoms with Crippen LogP contribution in [0.4, 0.5) is 11.4 Å². The zero-order valence-corrected chi connectivity index (χ0v) is 16.4. The van der Waals surface area contributed by atoms with Crippen molar-refractivity contribution in [3.05, 3.63) is 93.3 Å². The fourth-order valence-corrected chi connectivity index (χ4v) is 4.25. The van der Waals surface area contributed by atoms with E-state index >= 15 is 0 Å². The number of pyridine rings is 1. The number of sulfonamides is 1. The van der Waals surface area contributed by atoms with Gasteiger partial charge in [-0.25, -0.2) is 8.42 Å². The Labute approximate surface area is 167 Å². The van der Waals surface area contributed by atoms with Gasteiger partial charge in [-0.2, -0.15) is 0 Å². The first-order valence-corrected chi connectivity index (χ1v) is 10.0. The van der Waals surface area contributed by atoms with Crippen LogP contribution in [0.2, 0.25) is 5.02 Å². The van der Waals surface area contributed by atoms with E-state index in [1.54, 1.807) is 55.7 Å². The molecule has 1 aromatic heterocycles. The molecule has 9 heteroatoms. The lowest BCUT2D eigenvalue weighted by molar-refractivity contribution is -0.385. The van der Waals surface area contributed by atoms with Crippen molar-refractivity contribution in [1.29, 1.82) is 0 Å². The van der Waals surface area contributed by atoms with Crippen molar-refractivity contribution in [3.8, 4) is 0 Å². The topological polar surface area (TPSA) is 93.4 Å². The van der Waals surface area contributed by atoms with Crippen LogP contribution >= 0.6 is 11.6 Å². The lowest BCUT2D eigenvalue weighted by Crippen LogP contribution is -2.30. The fraction of sp³-hybridized carbons (Fsp3) is 0.105. The van der Waals surface area contributed by atoms with Gasteiger partial charge in [0.25, 0.3) is 15.7 Å². The van der Waals surface area contributed by atoms with Gasteiger partial charge in [-0.15, -0.1) is 0 Å². The number of rotatable bonds is 6. The van der Waals surface area contributed by atoms with Crippen LogP contribution in [0.3, 0.4) is 0 Å². The monoisotopic (exact) mass is 417 g/mol. The summed E-state index contributed by atoms with van der Waals surface area (Å²) < 4.78 is 27.9. The normalized spacial score (nSPS) is 11.2. The Balaban J connectivity index is 2.11. The molecule has 1 heterocycles. The number of hydrogen-bond acceptors (Lipinski definition) is 5. The number of anilines is 1. The van der Waals surface area contributed by atoms with Gasteiger partial charge in [0, 0.05) is 29.0 Å². The molecule has 0 amide bonds. The molecule has 3 rings (SSSR count). The van der Waals surface area contributed by atoms with E-state index < -0.39 is 14.9 Å². The third-order valence-electron chi connectivity index (χ3n) is 4.13. The van der Waals surface area contributed by atoms with Crippen molar-refractivity contribution >= 4 is 33.0 Å². The highest BCUT2D eigenvalue weighted by Crippen LogP contribution is 2.30. The van der Waals surface area contributed by atoms with Crippen LogP contribution in [0, 0.1) is 17.0 Å². The van der Waals surface area contributed by atoms with Gasteiger partial charge < -0.3 is 0 Å². The summed E-state index contributed by atoms with van der Waals surface area (Å²) in [5.41, 5.74) is 1.19. The summed E-state index contributed by atoms with van der Waals surface area (Å²) in [5, 5.41) is 11.7. The van der Waals surface area contributed by atoms with E-state index in [-0.39, 0.29) is 17.1 Å². The number of halogens is 1. The summed E-state index contributed by atoms with van der Waals surface area (Å²) >= 11 is 5.93. The smallest absolute Gasteiger partial charge is 0.264 e. The number of aryl methyl sites for hydroxylation is 1. The Morgan fingerprint density at radius 3 is 2.46 bits per heavy atom. The third kappa shape index (κ3) is 4.13. The molecule has 0 aliphatic heterocycles. The van der Waals surface area contributed by atoms with E-state index in [1.165, 1.54) is 16.4 Å². The van der Waals surface area contributed by atoms with Gasteiger partial charge in [0.05, 0.1) is 22.1 Å². The second kappa shape index (κ2) is 7.95. The third-order valence-corrected chi connectivity index (χ3v) is 6.15. The lowest BCUT2D eigenvalue weighted by atomic mass is 10.2. The van der Waals surface area contributed by atoms with E-state index in [9.17, 15) is 18.5 Å². The number of nitrogens with zero attached hydrogens (tertiary/aromatic N) is 3. The molecule has 7 nitrogen and oxygen atoms in total. The summed E-state index contributed by atoms with van der Waals surface area (Å²) in [5.74, 6) is 0. The van der Waals surface area contributed by atoms with Crippen molar-refractivity contribution in [2.75, 3.05) is 4.31 Å². The first kappa shape index (κ1) is 19.8. The molecule has 28 heavy (non-hydrogen) atoms. The predicted molar refractivity (Wildman–Crippen MR) is 107 cm³/mol. The molecule has 0 aliphatic rings. The maximum atomic E-state index is 13.4. The Kier molecular flexibility index (Phi) is 5.62. The number of nitro benzene ring substituents is 1. The molecule has 0 radical (unpaired) electrons. The summed E-state index contributed by atoms with van der Waals surface area (Å²) in [6.45, 7) is 1.57. The van der Waals surface area contributed by atoms with Crippen molar-refractivity contribution in [2.45, 2.75) is 18.4 Å². The van der Waals surface area contributed by atoms with Crippen LogP contribution in [0.15, 0.2) is 71.9 Å². The van der Waals surface area contributed by atoms with Gasteiger partial charge in [0.1, 0.15) is 0 Å². The Morgan fingerprint density at radius 1 is 1.14 bits per heavy atom. The van der Waals surface area contributed by atoms with Crippen LogP contribution < -0.4 is 4.31 Å². The molecule has 0 saturated carbocycles. The van der Waals surface area contributed by atoms with E-state index in [2.05, 4.69) is 4.98 Å². The van der Waals surface area contributed by atoms with Crippen LogP contribution in [0.5, 0.6) is 0 Å². The maximum Gasteiger partial charge on any atom is 0.273 e. The quantitative estimate of drug-likeness (QED) is 0.439. The Hall–Kier alpha value is -2.97. The van der Waals surface area contributed by atoms with Crippen molar-refractivity contribution in [2.24, 2.45) is 0 Å². The molecule has 0 unspecified atom stereocenters. The average Bonchev–Trinajstić information content (AvgIpc) is 2.67. The highest BCUT2D eigenvalue weighted by molar-refractivity contribution is 7.92. The molecule has 0 spiro atoms. The highest BCUT2D eigenvalue weighted by atomic mass is 35.5. The molecular formula is C19H16ClN3O4S. The maximum absolute atomic E-state index is 13.4. The van der Waals surface area contributed by atoms with Gasteiger partial charge in [-0.3, -0.25) is 19.4 Å². The fourth-order valence-electron chi connectivity index (χ4n) is 2.65. The summed E-state index contributed by atoms with van der Waals surface area (Å²) in [6.07, 6.45) is 3.16. The molecular weight excluding hydrogens is 402 g/mol. The largest absolute Gasteiger partial charge is 0.273 e. The molecule has 3 aromatic rings. The molecule has 2 aromatic carbocycles. The number of benzene rings is 2. The highest BCUT2D eigenvalue weighted by Gasteiger charge is 2.27. The minimum atomic E-state index is -4.08. The van der Waals surface area contributed by atoms with Crippen LogP contribution in [-0.2, 0) is 16.6 Å². The van der Waals surface area contributed by atoms with E-state index in [0.717, 1.165) is 6.07 Å². The van der Waals surface area contributed by atoms with E-state index in [1.807, 2.05) is 0 Å². The molecule has 0 aliphatic carbocycles. The van der Waals surface area contributed by atoms with Crippen molar-refractivity contribution < 1.29 is 13.3 Å². The van der Waals surface area contributed by atoms with E-state index in [0.29, 0.717) is 21.8 Å². The number of aromatic nitrogens is 1. The van der Waals surface area contributed by atoms with Gasteiger partial charge in [0.2, 0.25) is 0 Å². The van der Waals surface area contributed by atoms with Crippen molar-refractivity contribution in [1.82, 2.24) is 4.98 Å². The van der Waals surface area contributed by atoms with Crippen LogP contribution in [0.1, 0.15) is 11.1 Å². The van der Waals surface area contributed by atoms with Gasteiger partial charge >= 0.3 is 0 Å².